The number of ether oxygens (including phenoxy) is 1. The van der Waals surface area contributed by atoms with Gasteiger partial charge in [-0.25, -0.2) is 0 Å². The Balaban J connectivity index is 2.12. The zero-order valence-electron chi connectivity index (χ0n) is 12.4. The van der Waals surface area contributed by atoms with Gasteiger partial charge in [-0.05, 0) is 43.7 Å². The molecule has 0 amide bonds. The van der Waals surface area contributed by atoms with E-state index in [0.29, 0.717) is 0 Å². The van der Waals surface area contributed by atoms with Crippen LogP contribution in [0.1, 0.15) is 25.3 Å². The molecule has 0 fully saturated rings. The minimum atomic E-state index is 0.797. The highest BCUT2D eigenvalue weighted by Gasteiger charge is 2.09. The van der Waals surface area contributed by atoms with E-state index in [1.54, 1.807) is 0 Å². The van der Waals surface area contributed by atoms with E-state index in [1.165, 1.54) is 27.4 Å². The van der Waals surface area contributed by atoms with Crippen LogP contribution < -0.4 is 4.74 Å². The van der Waals surface area contributed by atoms with E-state index < -0.39 is 0 Å². The topological polar surface area (TPSA) is 14.2 Å². The Morgan fingerprint density at radius 1 is 1.00 bits per heavy atom. The molecule has 0 radical (unpaired) electrons. The number of aromatic nitrogens is 1. The zero-order chi connectivity index (χ0) is 14.1. The zero-order valence-corrected chi connectivity index (χ0v) is 12.4. The van der Waals surface area contributed by atoms with Gasteiger partial charge >= 0.3 is 0 Å². The van der Waals surface area contributed by atoms with Crippen LogP contribution in [0.2, 0.25) is 0 Å². The van der Waals surface area contributed by atoms with Gasteiger partial charge in [-0.15, -0.1) is 0 Å². The first-order valence-electron chi connectivity index (χ1n) is 7.32. The lowest BCUT2D eigenvalue weighted by molar-refractivity contribution is 0.310. The van der Waals surface area contributed by atoms with Crippen molar-refractivity contribution in [2.24, 2.45) is 7.05 Å². The number of nitrogens with zero attached hydrogens (tertiary/aromatic N) is 1. The number of fused-ring (bicyclic) bond motifs is 3. The van der Waals surface area contributed by atoms with E-state index in [4.69, 9.17) is 4.74 Å². The van der Waals surface area contributed by atoms with Gasteiger partial charge in [0.25, 0.3) is 0 Å². The Hall–Kier alpha value is -1.96. The van der Waals surface area contributed by atoms with E-state index in [9.17, 15) is 0 Å². The van der Waals surface area contributed by atoms with Crippen LogP contribution in [-0.2, 0) is 7.05 Å². The third-order valence-corrected chi connectivity index (χ3v) is 3.90. The molecule has 0 aliphatic carbocycles. The first kappa shape index (κ1) is 13.0. The fourth-order valence-corrected chi connectivity index (χ4v) is 2.74. The first-order chi connectivity index (χ1) is 9.70. The van der Waals surface area contributed by atoms with Crippen molar-refractivity contribution in [2.75, 3.05) is 6.61 Å². The third-order valence-electron chi connectivity index (χ3n) is 3.90. The molecule has 0 unspecified atom stereocenters. The van der Waals surface area contributed by atoms with Crippen LogP contribution in [0.5, 0.6) is 5.75 Å². The molecule has 104 valence electrons. The average Bonchev–Trinajstić information content (AvgIpc) is 2.72. The third kappa shape index (κ3) is 2.15. The van der Waals surface area contributed by atoms with Gasteiger partial charge in [-0.2, -0.15) is 0 Å². The second-order valence-corrected chi connectivity index (χ2v) is 5.46. The predicted octanol–water partition coefficient (Wildman–Crippen LogP) is 4.82. The van der Waals surface area contributed by atoms with E-state index >= 15 is 0 Å². The van der Waals surface area contributed by atoms with E-state index in [1.807, 2.05) is 0 Å². The van der Waals surface area contributed by atoms with Gasteiger partial charge in [0.05, 0.1) is 6.61 Å². The van der Waals surface area contributed by atoms with Crippen LogP contribution in [-0.4, -0.2) is 11.2 Å². The number of benzene rings is 2. The number of aryl methyl sites for hydroxylation is 2. The Morgan fingerprint density at radius 3 is 2.45 bits per heavy atom. The molecule has 3 rings (SSSR count). The molecule has 2 nitrogen and oxygen atoms in total. The molecule has 20 heavy (non-hydrogen) atoms. The monoisotopic (exact) mass is 267 g/mol. The van der Waals surface area contributed by atoms with Crippen molar-refractivity contribution in [3.05, 3.63) is 42.0 Å². The van der Waals surface area contributed by atoms with Gasteiger partial charge in [0.15, 0.2) is 0 Å². The van der Waals surface area contributed by atoms with Crippen LogP contribution in [0, 0.1) is 6.92 Å². The van der Waals surface area contributed by atoms with Crippen LogP contribution >= 0.6 is 0 Å². The van der Waals surface area contributed by atoms with E-state index in [-0.39, 0.29) is 0 Å². The highest BCUT2D eigenvalue weighted by molar-refractivity contribution is 6.08. The predicted molar refractivity (Wildman–Crippen MR) is 85.6 cm³/mol. The van der Waals surface area contributed by atoms with Crippen LogP contribution in [0.15, 0.2) is 36.4 Å². The summed E-state index contributed by atoms with van der Waals surface area (Å²) in [5, 5.41) is 2.59. The molecule has 1 heterocycles. The minimum Gasteiger partial charge on any atom is -0.494 e. The molecular formula is C18H21NO. The highest BCUT2D eigenvalue weighted by Crippen LogP contribution is 2.31. The summed E-state index contributed by atoms with van der Waals surface area (Å²) in [4.78, 5) is 0. The largest absolute Gasteiger partial charge is 0.494 e. The smallest absolute Gasteiger partial charge is 0.120 e. The maximum Gasteiger partial charge on any atom is 0.120 e. The van der Waals surface area contributed by atoms with Crippen molar-refractivity contribution >= 4 is 21.8 Å². The molecule has 0 N–H and O–H groups in total. The maximum atomic E-state index is 5.83. The molecule has 2 heteroatoms. The molecule has 2 aromatic carbocycles. The minimum absolute atomic E-state index is 0.797. The molecular weight excluding hydrogens is 246 g/mol. The Labute approximate surface area is 120 Å². The summed E-state index contributed by atoms with van der Waals surface area (Å²) in [7, 11) is 2.12. The standard InChI is InChI=1S/C18H21NO/c1-4-5-10-20-14-7-9-18-16(12-14)15-11-13(2)6-8-17(15)19(18)3/h6-9,11-12H,4-5,10H2,1-3H3. The normalized spacial score (nSPS) is 11.3. The van der Waals surface area contributed by atoms with Gasteiger partial charge in [0, 0.05) is 28.9 Å². The average molecular weight is 267 g/mol. The van der Waals surface area contributed by atoms with Crippen molar-refractivity contribution in [3.63, 3.8) is 0 Å². The highest BCUT2D eigenvalue weighted by atomic mass is 16.5. The van der Waals surface area contributed by atoms with Gasteiger partial charge < -0.3 is 9.30 Å². The fraction of sp³-hybridized carbons (Fsp3) is 0.333. The second-order valence-electron chi connectivity index (χ2n) is 5.46. The SMILES string of the molecule is CCCCOc1ccc2c(c1)c1cc(C)ccc1n2C. The molecule has 0 aliphatic rings. The van der Waals surface area contributed by atoms with Crippen molar-refractivity contribution in [1.29, 1.82) is 0 Å². The lowest BCUT2D eigenvalue weighted by Gasteiger charge is -2.05. The lowest BCUT2D eigenvalue weighted by Crippen LogP contribution is -1.96. The molecule has 0 spiro atoms. The van der Waals surface area contributed by atoms with Crippen LogP contribution in [0.3, 0.4) is 0 Å². The summed E-state index contributed by atoms with van der Waals surface area (Å²) < 4.78 is 8.08. The maximum absolute atomic E-state index is 5.83. The summed E-state index contributed by atoms with van der Waals surface area (Å²) in [6.07, 6.45) is 2.27. The molecule has 3 aromatic rings. The van der Waals surface area contributed by atoms with Crippen LogP contribution in [0.4, 0.5) is 0 Å². The quantitative estimate of drug-likeness (QED) is 0.618. The number of unbranched alkanes of at least 4 members (excludes halogenated alkanes) is 1. The fourth-order valence-electron chi connectivity index (χ4n) is 2.74. The Kier molecular flexibility index (Phi) is 3.39. The second kappa shape index (κ2) is 5.20. The molecule has 1 aromatic heterocycles. The van der Waals surface area contributed by atoms with E-state index in [0.717, 1.165) is 25.2 Å². The summed E-state index contributed by atoms with van der Waals surface area (Å²) in [6.45, 7) is 5.12. The van der Waals surface area contributed by atoms with Crippen molar-refractivity contribution in [1.82, 2.24) is 4.57 Å². The van der Waals surface area contributed by atoms with Gasteiger partial charge in [0.1, 0.15) is 5.75 Å². The summed E-state index contributed by atoms with van der Waals surface area (Å²) in [5.74, 6) is 0.972. The summed E-state index contributed by atoms with van der Waals surface area (Å²) >= 11 is 0. The Morgan fingerprint density at radius 2 is 1.70 bits per heavy atom. The Bertz CT molecular complexity index is 755. The van der Waals surface area contributed by atoms with Crippen molar-refractivity contribution < 1.29 is 4.74 Å². The first-order valence-corrected chi connectivity index (χ1v) is 7.32. The molecule has 0 saturated carbocycles. The summed E-state index contributed by atoms with van der Waals surface area (Å²) in [6, 6.07) is 13.0. The number of rotatable bonds is 4. The van der Waals surface area contributed by atoms with Gasteiger partial charge in [-0.3, -0.25) is 0 Å². The van der Waals surface area contributed by atoms with E-state index in [2.05, 4.69) is 61.9 Å². The number of hydrogen-bond donors (Lipinski definition) is 0. The van der Waals surface area contributed by atoms with Gasteiger partial charge in [-0.1, -0.05) is 25.0 Å². The van der Waals surface area contributed by atoms with Crippen molar-refractivity contribution in [3.8, 4) is 5.75 Å². The van der Waals surface area contributed by atoms with Crippen molar-refractivity contribution in [2.45, 2.75) is 26.7 Å². The molecule has 0 bridgehead atoms. The molecule has 0 atom stereocenters. The van der Waals surface area contributed by atoms with Gasteiger partial charge in [0.2, 0.25) is 0 Å². The molecule has 0 aliphatic heterocycles. The molecule has 0 saturated heterocycles. The lowest BCUT2D eigenvalue weighted by atomic mass is 10.1. The van der Waals surface area contributed by atoms with Crippen LogP contribution in [0.25, 0.3) is 21.8 Å². The number of hydrogen-bond acceptors (Lipinski definition) is 1. The summed E-state index contributed by atoms with van der Waals surface area (Å²) in [5.41, 5.74) is 3.83.